The summed E-state index contributed by atoms with van der Waals surface area (Å²) in [7, 11) is 0. The zero-order chi connectivity index (χ0) is 21.4. The van der Waals surface area contributed by atoms with E-state index in [9.17, 15) is 9.90 Å². The number of halogens is 2. The minimum absolute atomic E-state index is 0.109. The molecular weight excluding hydrogens is 409 g/mol. The summed E-state index contributed by atoms with van der Waals surface area (Å²) in [6.07, 6.45) is 8.33. The van der Waals surface area contributed by atoms with E-state index in [0.29, 0.717) is 27.7 Å². The number of unbranched alkanes of at least 4 members (excludes halogenated alkanes) is 4. The third-order valence-corrected chi connectivity index (χ3v) is 4.97. The maximum absolute atomic E-state index is 11.7. The Morgan fingerprint density at radius 3 is 2.38 bits per heavy atom. The standard InChI is InChI=1S/C23H29Cl2NO3/c1-23(2,3)29-21(28)10-8-6-4-5-7-9-16-13-20(25)22(26-15-16)18-12-11-17(27)14-19(18)24/h11-15,27H,4-10H2,1-3H3. The van der Waals surface area contributed by atoms with Gasteiger partial charge in [0.1, 0.15) is 11.4 Å². The number of hydrogen-bond donors (Lipinski definition) is 1. The van der Waals surface area contributed by atoms with E-state index in [0.717, 1.165) is 44.1 Å². The minimum atomic E-state index is -0.407. The Kier molecular flexibility index (Phi) is 8.79. The van der Waals surface area contributed by atoms with Gasteiger partial charge in [0.05, 0.1) is 15.7 Å². The Bertz CT molecular complexity index is 831. The molecule has 0 unspecified atom stereocenters. The van der Waals surface area contributed by atoms with Gasteiger partial charge in [0, 0.05) is 18.2 Å². The summed E-state index contributed by atoms with van der Waals surface area (Å²) in [4.78, 5) is 16.1. The number of carbonyl (C=O) groups excluding carboxylic acids is 1. The highest BCUT2D eigenvalue weighted by Crippen LogP contribution is 2.34. The minimum Gasteiger partial charge on any atom is -0.508 e. The Labute approximate surface area is 183 Å². The molecule has 0 amide bonds. The molecule has 1 N–H and O–H groups in total. The van der Waals surface area contributed by atoms with E-state index in [4.69, 9.17) is 27.9 Å². The van der Waals surface area contributed by atoms with Gasteiger partial charge in [-0.25, -0.2) is 0 Å². The zero-order valence-electron chi connectivity index (χ0n) is 17.3. The molecule has 1 heterocycles. The molecule has 0 aliphatic carbocycles. The number of aryl methyl sites for hydroxylation is 1. The summed E-state index contributed by atoms with van der Waals surface area (Å²) >= 11 is 12.6. The van der Waals surface area contributed by atoms with Crippen LogP contribution in [0.15, 0.2) is 30.5 Å². The van der Waals surface area contributed by atoms with Crippen LogP contribution in [-0.4, -0.2) is 21.7 Å². The molecular formula is C23H29Cl2NO3. The lowest BCUT2D eigenvalue weighted by Crippen LogP contribution is -2.23. The van der Waals surface area contributed by atoms with Crippen molar-refractivity contribution in [2.45, 2.75) is 71.3 Å². The van der Waals surface area contributed by atoms with Crippen molar-refractivity contribution in [3.05, 3.63) is 46.1 Å². The number of ether oxygens (including phenoxy) is 1. The Balaban J connectivity index is 1.72. The monoisotopic (exact) mass is 437 g/mol. The average Bonchev–Trinajstić information content (AvgIpc) is 2.60. The van der Waals surface area contributed by atoms with Gasteiger partial charge in [0.2, 0.25) is 0 Å². The molecule has 29 heavy (non-hydrogen) atoms. The van der Waals surface area contributed by atoms with Crippen molar-refractivity contribution >= 4 is 29.2 Å². The highest BCUT2D eigenvalue weighted by atomic mass is 35.5. The van der Waals surface area contributed by atoms with Crippen molar-refractivity contribution in [2.75, 3.05) is 0 Å². The highest BCUT2D eigenvalue weighted by Gasteiger charge is 2.15. The Morgan fingerprint density at radius 2 is 1.72 bits per heavy atom. The van der Waals surface area contributed by atoms with Gasteiger partial charge in [-0.2, -0.15) is 0 Å². The van der Waals surface area contributed by atoms with Crippen LogP contribution in [0.4, 0.5) is 0 Å². The van der Waals surface area contributed by atoms with Crippen LogP contribution < -0.4 is 0 Å². The molecule has 2 rings (SSSR count). The molecule has 0 radical (unpaired) electrons. The largest absolute Gasteiger partial charge is 0.508 e. The number of benzene rings is 1. The van der Waals surface area contributed by atoms with Crippen LogP contribution in [0, 0.1) is 0 Å². The van der Waals surface area contributed by atoms with Crippen LogP contribution in [0.25, 0.3) is 11.3 Å². The second-order valence-corrected chi connectivity index (χ2v) is 9.01. The predicted molar refractivity (Wildman–Crippen MR) is 119 cm³/mol. The quantitative estimate of drug-likeness (QED) is 0.339. The molecule has 4 nitrogen and oxygen atoms in total. The molecule has 0 fully saturated rings. The number of aromatic nitrogens is 1. The number of phenols is 1. The van der Waals surface area contributed by atoms with Gasteiger partial charge >= 0.3 is 5.97 Å². The van der Waals surface area contributed by atoms with E-state index in [-0.39, 0.29) is 11.7 Å². The molecule has 0 aliphatic rings. The molecule has 0 aliphatic heterocycles. The summed E-state index contributed by atoms with van der Waals surface area (Å²) in [6.45, 7) is 5.66. The van der Waals surface area contributed by atoms with Gasteiger partial charge in [-0.15, -0.1) is 0 Å². The van der Waals surface area contributed by atoms with Gasteiger partial charge in [0.15, 0.2) is 0 Å². The second kappa shape index (κ2) is 10.8. The topological polar surface area (TPSA) is 59.4 Å². The normalized spacial score (nSPS) is 11.5. The third-order valence-electron chi connectivity index (χ3n) is 4.37. The second-order valence-electron chi connectivity index (χ2n) is 8.19. The molecule has 158 valence electrons. The van der Waals surface area contributed by atoms with E-state index < -0.39 is 5.60 Å². The van der Waals surface area contributed by atoms with E-state index in [1.54, 1.807) is 12.1 Å². The number of phenolic OH excluding ortho intramolecular Hbond substituents is 1. The van der Waals surface area contributed by atoms with E-state index >= 15 is 0 Å². The lowest BCUT2D eigenvalue weighted by Gasteiger charge is -2.19. The molecule has 1 aromatic heterocycles. The Hall–Kier alpha value is -1.78. The van der Waals surface area contributed by atoms with Crippen molar-refractivity contribution in [3.63, 3.8) is 0 Å². The summed E-state index contributed by atoms with van der Waals surface area (Å²) in [5.74, 6) is -0.00961. The molecule has 2 aromatic rings. The fourth-order valence-electron chi connectivity index (χ4n) is 3.03. The van der Waals surface area contributed by atoms with E-state index in [2.05, 4.69) is 4.98 Å². The van der Waals surface area contributed by atoms with Gasteiger partial charge < -0.3 is 9.84 Å². The van der Waals surface area contributed by atoms with Crippen molar-refractivity contribution in [2.24, 2.45) is 0 Å². The van der Waals surface area contributed by atoms with Gasteiger partial charge in [-0.3, -0.25) is 9.78 Å². The van der Waals surface area contributed by atoms with E-state index in [1.165, 1.54) is 6.07 Å². The molecule has 1 aromatic carbocycles. The van der Waals surface area contributed by atoms with Gasteiger partial charge in [-0.05, 0) is 69.9 Å². The number of esters is 1. The number of nitrogens with zero attached hydrogens (tertiary/aromatic N) is 1. The number of hydrogen-bond acceptors (Lipinski definition) is 4. The summed E-state index contributed by atoms with van der Waals surface area (Å²) in [6, 6.07) is 6.68. The maximum atomic E-state index is 11.7. The number of rotatable bonds is 9. The fraction of sp³-hybridized carbons (Fsp3) is 0.478. The van der Waals surface area contributed by atoms with Gasteiger partial charge in [0.25, 0.3) is 0 Å². The summed E-state index contributed by atoms with van der Waals surface area (Å²) in [5.41, 5.74) is 1.99. The van der Waals surface area contributed by atoms with E-state index in [1.807, 2.05) is 33.0 Å². The maximum Gasteiger partial charge on any atom is 0.306 e. The molecule has 0 saturated carbocycles. The van der Waals surface area contributed by atoms with Crippen LogP contribution in [0.3, 0.4) is 0 Å². The first kappa shape index (κ1) is 23.5. The smallest absolute Gasteiger partial charge is 0.306 e. The predicted octanol–water partition coefficient (Wildman–Crippen LogP) is 6.99. The molecule has 0 spiro atoms. The zero-order valence-corrected chi connectivity index (χ0v) is 18.8. The van der Waals surface area contributed by atoms with Crippen LogP contribution in [0.5, 0.6) is 5.75 Å². The first-order valence-corrected chi connectivity index (χ1v) is 10.8. The summed E-state index contributed by atoms with van der Waals surface area (Å²) < 4.78 is 5.31. The number of carbonyl (C=O) groups is 1. The first-order valence-electron chi connectivity index (χ1n) is 10.0. The lowest BCUT2D eigenvalue weighted by molar-refractivity contribution is -0.154. The van der Waals surface area contributed by atoms with Crippen molar-refractivity contribution < 1.29 is 14.6 Å². The molecule has 6 heteroatoms. The van der Waals surface area contributed by atoms with Crippen LogP contribution in [0.1, 0.15) is 64.9 Å². The number of aromatic hydroxyl groups is 1. The number of pyridine rings is 1. The third kappa shape index (κ3) is 8.23. The molecule has 0 atom stereocenters. The van der Waals surface area contributed by atoms with Crippen LogP contribution in [-0.2, 0) is 16.0 Å². The van der Waals surface area contributed by atoms with Crippen molar-refractivity contribution in [1.82, 2.24) is 4.98 Å². The average molecular weight is 438 g/mol. The fourth-order valence-corrected chi connectivity index (χ4v) is 3.58. The summed E-state index contributed by atoms with van der Waals surface area (Å²) in [5, 5.41) is 10.4. The molecule has 0 saturated heterocycles. The highest BCUT2D eigenvalue weighted by molar-refractivity contribution is 6.36. The SMILES string of the molecule is CC(C)(C)OC(=O)CCCCCCCc1cnc(-c2ccc(O)cc2Cl)c(Cl)c1. The van der Waals surface area contributed by atoms with Crippen molar-refractivity contribution in [1.29, 1.82) is 0 Å². The first-order chi connectivity index (χ1) is 13.7. The van der Waals surface area contributed by atoms with Crippen LogP contribution >= 0.6 is 23.2 Å². The molecule has 0 bridgehead atoms. The lowest BCUT2D eigenvalue weighted by atomic mass is 10.0. The Morgan fingerprint density at radius 1 is 1.03 bits per heavy atom. The van der Waals surface area contributed by atoms with Gasteiger partial charge in [-0.1, -0.05) is 42.5 Å². The van der Waals surface area contributed by atoms with Crippen molar-refractivity contribution in [3.8, 4) is 17.0 Å². The van der Waals surface area contributed by atoms with Crippen LogP contribution in [0.2, 0.25) is 10.0 Å².